The Morgan fingerprint density at radius 2 is 1.45 bits per heavy atom. The fourth-order valence-corrected chi connectivity index (χ4v) is 4.42. The van der Waals surface area contributed by atoms with Crippen molar-refractivity contribution in [3.8, 4) is 5.75 Å². The SMILES string of the molecule is CC(C)Oc1ccc(CNC(=O)CN(c2ccc(F)cc2)S(=O)(=O)c2ccc(F)cc2)cc1. The first kappa shape index (κ1) is 24.2. The van der Waals surface area contributed by atoms with Gasteiger partial charge < -0.3 is 10.1 Å². The van der Waals surface area contributed by atoms with Gasteiger partial charge in [-0.15, -0.1) is 0 Å². The number of carbonyl (C=O) groups excluding carboxylic acids is 1. The maximum absolute atomic E-state index is 13.4. The van der Waals surface area contributed by atoms with Gasteiger partial charge in [0.05, 0.1) is 16.7 Å². The standard InChI is InChI=1S/C24H24F2N2O4S/c1-17(2)32-22-11-3-18(4-12-22)15-27-24(29)16-28(21-9-5-19(25)6-10-21)33(30,31)23-13-7-20(26)8-14-23/h3-14,17H,15-16H2,1-2H3,(H,27,29). The molecule has 6 nitrogen and oxygen atoms in total. The van der Waals surface area contributed by atoms with Crippen LogP contribution in [0.2, 0.25) is 0 Å². The first-order valence-electron chi connectivity index (χ1n) is 10.2. The van der Waals surface area contributed by atoms with Crippen LogP contribution in [0.15, 0.2) is 77.7 Å². The number of nitrogens with one attached hydrogen (secondary N) is 1. The van der Waals surface area contributed by atoms with Gasteiger partial charge in [0.1, 0.15) is 23.9 Å². The summed E-state index contributed by atoms with van der Waals surface area (Å²) in [5.41, 5.74) is 0.903. The minimum atomic E-state index is -4.21. The van der Waals surface area contributed by atoms with E-state index >= 15 is 0 Å². The Kier molecular flexibility index (Phi) is 7.65. The van der Waals surface area contributed by atoms with Crippen LogP contribution in [0.3, 0.4) is 0 Å². The number of halogens is 2. The predicted molar refractivity (Wildman–Crippen MR) is 121 cm³/mol. The number of hydrogen-bond acceptors (Lipinski definition) is 4. The van der Waals surface area contributed by atoms with Crippen LogP contribution in [0.1, 0.15) is 19.4 Å². The third-order valence-electron chi connectivity index (χ3n) is 4.59. The van der Waals surface area contributed by atoms with E-state index in [-0.39, 0.29) is 23.2 Å². The predicted octanol–water partition coefficient (Wildman–Crippen LogP) is 4.26. The van der Waals surface area contributed by atoms with Crippen LogP contribution in [0.25, 0.3) is 0 Å². The Bertz CT molecular complexity index is 1180. The molecule has 0 aromatic heterocycles. The lowest BCUT2D eigenvalue weighted by molar-refractivity contribution is -0.119. The molecule has 1 N–H and O–H groups in total. The van der Waals surface area contributed by atoms with Crippen molar-refractivity contribution in [1.29, 1.82) is 0 Å². The molecule has 0 saturated carbocycles. The van der Waals surface area contributed by atoms with Gasteiger partial charge in [-0.25, -0.2) is 17.2 Å². The smallest absolute Gasteiger partial charge is 0.264 e. The molecule has 0 aliphatic carbocycles. The summed E-state index contributed by atoms with van der Waals surface area (Å²) in [5, 5.41) is 2.68. The lowest BCUT2D eigenvalue weighted by Gasteiger charge is -2.24. The van der Waals surface area contributed by atoms with E-state index in [0.29, 0.717) is 5.75 Å². The first-order chi connectivity index (χ1) is 15.6. The minimum absolute atomic E-state index is 0.0380. The molecule has 0 saturated heterocycles. The number of nitrogens with zero attached hydrogens (tertiary/aromatic N) is 1. The van der Waals surface area contributed by atoms with E-state index in [4.69, 9.17) is 4.74 Å². The van der Waals surface area contributed by atoms with Crippen LogP contribution in [0.5, 0.6) is 5.75 Å². The van der Waals surface area contributed by atoms with E-state index in [2.05, 4.69) is 5.32 Å². The van der Waals surface area contributed by atoms with Crippen molar-refractivity contribution >= 4 is 21.6 Å². The highest BCUT2D eigenvalue weighted by molar-refractivity contribution is 7.92. The molecule has 0 heterocycles. The van der Waals surface area contributed by atoms with Crippen molar-refractivity contribution in [3.05, 3.63) is 90.0 Å². The Morgan fingerprint density at radius 3 is 2.00 bits per heavy atom. The summed E-state index contributed by atoms with van der Waals surface area (Å²) < 4.78 is 59.5. The van der Waals surface area contributed by atoms with Crippen molar-refractivity contribution in [1.82, 2.24) is 5.32 Å². The van der Waals surface area contributed by atoms with E-state index in [1.165, 1.54) is 12.1 Å². The average molecular weight is 475 g/mol. The zero-order valence-corrected chi connectivity index (χ0v) is 19.0. The van der Waals surface area contributed by atoms with E-state index in [1.807, 2.05) is 13.8 Å². The van der Waals surface area contributed by atoms with Gasteiger partial charge in [0.2, 0.25) is 5.91 Å². The molecule has 3 rings (SSSR count). The Hall–Kier alpha value is -3.46. The molecule has 174 valence electrons. The van der Waals surface area contributed by atoms with Gasteiger partial charge in [-0.2, -0.15) is 0 Å². The molecule has 0 bridgehead atoms. The summed E-state index contributed by atoms with van der Waals surface area (Å²) in [6.07, 6.45) is 0.0380. The maximum atomic E-state index is 13.4. The lowest BCUT2D eigenvalue weighted by atomic mass is 10.2. The Balaban J connectivity index is 1.76. The Labute approximate surface area is 191 Å². The highest BCUT2D eigenvalue weighted by Gasteiger charge is 2.27. The number of carbonyl (C=O) groups is 1. The van der Waals surface area contributed by atoms with Gasteiger partial charge in [0, 0.05) is 6.54 Å². The second-order valence-electron chi connectivity index (χ2n) is 7.53. The van der Waals surface area contributed by atoms with Crippen LogP contribution in [0.4, 0.5) is 14.5 Å². The van der Waals surface area contributed by atoms with Crippen LogP contribution < -0.4 is 14.4 Å². The molecule has 9 heteroatoms. The number of amides is 1. The van der Waals surface area contributed by atoms with Crippen molar-refractivity contribution in [2.75, 3.05) is 10.8 Å². The molecule has 3 aromatic carbocycles. The van der Waals surface area contributed by atoms with Gasteiger partial charge in [-0.1, -0.05) is 12.1 Å². The summed E-state index contributed by atoms with van der Waals surface area (Å²) >= 11 is 0. The number of hydrogen-bond donors (Lipinski definition) is 1. The topological polar surface area (TPSA) is 75.7 Å². The molecule has 33 heavy (non-hydrogen) atoms. The molecule has 0 atom stereocenters. The largest absolute Gasteiger partial charge is 0.491 e. The summed E-state index contributed by atoms with van der Waals surface area (Å²) in [6.45, 7) is 3.47. The zero-order valence-electron chi connectivity index (χ0n) is 18.2. The Morgan fingerprint density at radius 1 is 0.909 bits per heavy atom. The van der Waals surface area contributed by atoms with Gasteiger partial charge >= 0.3 is 0 Å². The molecule has 0 spiro atoms. The van der Waals surface area contributed by atoms with Gasteiger partial charge in [-0.05, 0) is 80.1 Å². The number of benzene rings is 3. The summed E-state index contributed by atoms with van der Waals surface area (Å²) in [5.74, 6) is -1.00. The molecule has 1 amide bonds. The molecule has 3 aromatic rings. The van der Waals surface area contributed by atoms with Gasteiger partial charge in [-0.3, -0.25) is 9.10 Å². The molecule has 0 aliphatic rings. The normalized spacial score (nSPS) is 11.3. The summed E-state index contributed by atoms with van der Waals surface area (Å²) in [6, 6.07) is 16.1. The van der Waals surface area contributed by atoms with Gasteiger partial charge in [0.25, 0.3) is 10.0 Å². The number of ether oxygens (including phenoxy) is 1. The van der Waals surface area contributed by atoms with Crippen molar-refractivity contribution in [2.45, 2.75) is 31.4 Å². The van der Waals surface area contributed by atoms with Crippen molar-refractivity contribution in [2.24, 2.45) is 0 Å². The van der Waals surface area contributed by atoms with Crippen molar-refractivity contribution < 1.29 is 26.7 Å². The van der Waals surface area contributed by atoms with Crippen LogP contribution in [0, 0.1) is 11.6 Å². The fourth-order valence-electron chi connectivity index (χ4n) is 3.00. The maximum Gasteiger partial charge on any atom is 0.264 e. The zero-order chi connectivity index (χ0) is 24.0. The third-order valence-corrected chi connectivity index (χ3v) is 6.38. The number of rotatable bonds is 9. The molecule has 0 aliphatic heterocycles. The monoisotopic (exact) mass is 474 g/mol. The quantitative estimate of drug-likeness (QED) is 0.503. The number of sulfonamides is 1. The number of anilines is 1. The molecule has 0 fully saturated rings. The van der Waals surface area contributed by atoms with E-state index < -0.39 is 34.1 Å². The highest BCUT2D eigenvalue weighted by Crippen LogP contribution is 2.24. The van der Waals surface area contributed by atoms with Crippen LogP contribution in [-0.4, -0.2) is 27.0 Å². The first-order valence-corrected chi connectivity index (χ1v) is 11.7. The van der Waals surface area contributed by atoms with Crippen molar-refractivity contribution in [3.63, 3.8) is 0 Å². The molecular weight excluding hydrogens is 450 g/mol. The van der Waals surface area contributed by atoms with E-state index in [0.717, 1.165) is 46.3 Å². The molecule has 0 radical (unpaired) electrons. The second-order valence-corrected chi connectivity index (χ2v) is 9.39. The highest BCUT2D eigenvalue weighted by atomic mass is 32.2. The summed E-state index contributed by atoms with van der Waals surface area (Å²) in [7, 11) is -4.21. The average Bonchev–Trinajstić information content (AvgIpc) is 2.77. The van der Waals surface area contributed by atoms with Gasteiger partial charge in [0.15, 0.2) is 0 Å². The van der Waals surface area contributed by atoms with Crippen LogP contribution >= 0.6 is 0 Å². The van der Waals surface area contributed by atoms with E-state index in [9.17, 15) is 22.0 Å². The second kappa shape index (κ2) is 10.4. The summed E-state index contributed by atoms with van der Waals surface area (Å²) in [4.78, 5) is 12.4. The lowest BCUT2D eigenvalue weighted by Crippen LogP contribution is -2.40. The molecular formula is C24H24F2N2O4S. The minimum Gasteiger partial charge on any atom is -0.491 e. The van der Waals surface area contributed by atoms with E-state index in [1.54, 1.807) is 24.3 Å². The fraction of sp³-hybridized carbons (Fsp3) is 0.208. The molecule has 0 unspecified atom stereocenters. The third kappa shape index (κ3) is 6.52. The van der Waals surface area contributed by atoms with Crippen LogP contribution in [-0.2, 0) is 21.4 Å².